The topological polar surface area (TPSA) is 113 Å². The number of aromatic nitrogens is 2. The summed E-state index contributed by atoms with van der Waals surface area (Å²) in [5.74, 6) is 2.02. The summed E-state index contributed by atoms with van der Waals surface area (Å²) in [5.41, 5.74) is 0.741. The van der Waals surface area contributed by atoms with Gasteiger partial charge in [0, 0.05) is 12.0 Å². The molecule has 1 saturated heterocycles. The van der Waals surface area contributed by atoms with E-state index in [0.29, 0.717) is 40.9 Å². The fourth-order valence-corrected chi connectivity index (χ4v) is 16.0. The zero-order valence-electron chi connectivity index (χ0n) is 37.1. The number of carbonyl (C=O) groups is 3. The van der Waals surface area contributed by atoms with Crippen molar-refractivity contribution in [3.63, 3.8) is 0 Å². The highest BCUT2D eigenvalue weighted by Crippen LogP contribution is 2.79. The number of hydrogen-bond acceptors (Lipinski definition) is 5. The summed E-state index contributed by atoms with van der Waals surface area (Å²) in [5, 5.41) is 9.68. The number of amides is 1. The Balaban J connectivity index is 0.988. The lowest BCUT2D eigenvalue weighted by Gasteiger charge is -2.73. The molecule has 322 valence electrons. The first kappa shape index (κ1) is 41.1. The molecule has 7 aliphatic rings. The van der Waals surface area contributed by atoms with Crippen LogP contribution in [0.5, 0.6) is 0 Å². The van der Waals surface area contributed by atoms with Crippen LogP contribution in [-0.2, 0) is 19.1 Å². The third-order valence-corrected chi connectivity index (χ3v) is 19.8. The van der Waals surface area contributed by atoms with Crippen molar-refractivity contribution in [2.24, 2.45) is 67.5 Å². The van der Waals surface area contributed by atoms with Gasteiger partial charge < -0.3 is 19.7 Å². The van der Waals surface area contributed by atoms with Gasteiger partial charge in [0.25, 0.3) is 0 Å². The number of nitrogens with one attached hydrogen (secondary N) is 1. The first-order valence-corrected chi connectivity index (χ1v) is 23.3. The minimum Gasteiger partial charge on any atom is -0.481 e. The molecule has 0 radical (unpaired) electrons. The molecule has 8 nitrogen and oxygen atoms in total. The second kappa shape index (κ2) is 13.6. The highest BCUT2D eigenvalue weighted by molar-refractivity contribution is 5.85. The SMILES string of the molecule is CC(C)(CC(=O)O[C@H]1CC[C@]2(C)[C@H]3CC[C@@H]4[C@H]5C(C6(C)CC6)CC[C@]5(C(=O)N5CCC[C@H]5c5ncc(-c6ccc(F)cc6)[nH]5)CC[C@@]4(C)[C@]3(C)CC[C@H]2C1(C)C)C(=O)O. The van der Waals surface area contributed by atoms with E-state index in [0.717, 1.165) is 87.8 Å². The molecule has 2 heterocycles. The number of hydrogen-bond donors (Lipinski definition) is 2. The number of carbonyl (C=O) groups excluding carboxylic acids is 2. The first-order valence-electron chi connectivity index (χ1n) is 23.3. The van der Waals surface area contributed by atoms with Crippen LogP contribution in [0.3, 0.4) is 0 Å². The van der Waals surface area contributed by atoms with Crippen molar-refractivity contribution in [1.29, 1.82) is 0 Å². The predicted octanol–water partition coefficient (Wildman–Crippen LogP) is 11.2. The number of rotatable bonds is 8. The van der Waals surface area contributed by atoms with Gasteiger partial charge in [-0.15, -0.1) is 0 Å². The molecule has 1 amide bonds. The van der Waals surface area contributed by atoms with Crippen molar-refractivity contribution in [2.75, 3.05) is 6.54 Å². The number of carboxylic acid groups (broad SMARTS) is 1. The average Bonchev–Trinajstić information content (AvgIpc) is 3.56. The Morgan fingerprint density at radius 1 is 0.847 bits per heavy atom. The highest BCUT2D eigenvalue weighted by Gasteiger charge is 2.74. The Hall–Kier alpha value is -3.23. The van der Waals surface area contributed by atoms with Gasteiger partial charge in [-0.2, -0.15) is 0 Å². The molecule has 6 saturated carbocycles. The van der Waals surface area contributed by atoms with Crippen molar-refractivity contribution in [3.05, 3.63) is 42.1 Å². The lowest BCUT2D eigenvalue weighted by atomic mass is 9.32. The van der Waals surface area contributed by atoms with Crippen molar-refractivity contribution >= 4 is 17.8 Å². The van der Waals surface area contributed by atoms with E-state index in [-0.39, 0.29) is 51.5 Å². The molecule has 59 heavy (non-hydrogen) atoms. The van der Waals surface area contributed by atoms with Crippen LogP contribution < -0.4 is 0 Å². The Morgan fingerprint density at radius 3 is 2.27 bits per heavy atom. The number of imidazole rings is 1. The summed E-state index contributed by atoms with van der Waals surface area (Å²) in [4.78, 5) is 51.3. The van der Waals surface area contributed by atoms with Gasteiger partial charge in [0.2, 0.25) is 5.91 Å². The molecule has 0 spiro atoms. The second-order valence-electron chi connectivity index (χ2n) is 23.2. The molecule has 7 fully saturated rings. The van der Waals surface area contributed by atoms with Gasteiger partial charge in [-0.05, 0) is 185 Å². The Morgan fingerprint density at radius 2 is 1.58 bits per heavy atom. The van der Waals surface area contributed by atoms with E-state index in [2.05, 4.69) is 51.4 Å². The van der Waals surface area contributed by atoms with Crippen molar-refractivity contribution in [1.82, 2.24) is 14.9 Å². The van der Waals surface area contributed by atoms with Crippen LogP contribution in [0.1, 0.15) is 164 Å². The van der Waals surface area contributed by atoms with Crippen LogP contribution in [0.2, 0.25) is 0 Å². The summed E-state index contributed by atoms with van der Waals surface area (Å²) in [6.07, 6.45) is 16.6. The number of ether oxygens (including phenoxy) is 1. The van der Waals surface area contributed by atoms with Gasteiger partial charge in [-0.25, -0.2) is 9.37 Å². The number of aromatic amines is 1. The minimum atomic E-state index is -1.16. The predicted molar refractivity (Wildman–Crippen MR) is 225 cm³/mol. The van der Waals surface area contributed by atoms with Crippen molar-refractivity contribution < 1.29 is 28.6 Å². The summed E-state index contributed by atoms with van der Waals surface area (Å²) in [7, 11) is 0. The molecule has 0 bridgehead atoms. The lowest BCUT2D eigenvalue weighted by molar-refractivity contribution is -0.251. The van der Waals surface area contributed by atoms with Crippen LogP contribution in [-0.4, -0.2) is 50.5 Å². The normalized spacial score (nSPS) is 40.6. The van der Waals surface area contributed by atoms with Crippen LogP contribution in [0.15, 0.2) is 30.5 Å². The van der Waals surface area contributed by atoms with Crippen LogP contribution in [0, 0.1) is 73.3 Å². The molecule has 9 rings (SSSR count). The zero-order valence-corrected chi connectivity index (χ0v) is 37.1. The molecule has 9 heteroatoms. The second-order valence-corrected chi connectivity index (χ2v) is 23.2. The number of benzene rings is 1. The van der Waals surface area contributed by atoms with E-state index in [1.165, 1.54) is 37.8 Å². The third-order valence-electron chi connectivity index (χ3n) is 19.8. The Labute approximate surface area is 351 Å². The quantitative estimate of drug-likeness (QED) is 0.257. The molecular formula is C50H70FN3O5. The number of halogens is 1. The summed E-state index contributed by atoms with van der Waals surface area (Å²) in [6, 6.07) is 6.45. The smallest absolute Gasteiger partial charge is 0.309 e. The highest BCUT2D eigenvalue weighted by atomic mass is 19.1. The number of fused-ring (bicyclic) bond motifs is 7. The van der Waals surface area contributed by atoms with Crippen LogP contribution in [0.4, 0.5) is 4.39 Å². The van der Waals surface area contributed by atoms with Gasteiger partial charge in [-0.3, -0.25) is 14.4 Å². The maximum absolute atomic E-state index is 15.6. The minimum absolute atomic E-state index is 0.0690. The van der Waals surface area contributed by atoms with E-state index in [1.807, 2.05) is 6.20 Å². The molecule has 1 aliphatic heterocycles. The first-order chi connectivity index (χ1) is 27.7. The molecule has 2 aromatic rings. The number of nitrogens with zero attached hydrogens (tertiary/aromatic N) is 2. The number of likely N-dealkylation sites (tertiary alicyclic amines) is 1. The largest absolute Gasteiger partial charge is 0.481 e. The maximum Gasteiger partial charge on any atom is 0.309 e. The van der Waals surface area contributed by atoms with Gasteiger partial charge in [0.15, 0.2) is 0 Å². The van der Waals surface area contributed by atoms with E-state index in [1.54, 1.807) is 26.0 Å². The number of H-pyrrole nitrogens is 1. The van der Waals surface area contributed by atoms with E-state index < -0.39 is 17.4 Å². The maximum atomic E-state index is 15.6. The third kappa shape index (κ3) is 6.05. The Kier molecular flexibility index (Phi) is 9.51. The molecule has 1 aromatic carbocycles. The summed E-state index contributed by atoms with van der Waals surface area (Å²) < 4.78 is 20.0. The standard InChI is InChI=1S/C50H70FN3O5/c1-44(2,43(57)58)28-39(55)59-38-19-20-47(6)36(45(38,3)4)18-21-49(8)37(47)16-15-33-40-32(46(5)23-24-46)17-22-50(40,26-25-48(33,49)7)42(56)54-27-9-10-35(54)41-52-29-34(53-41)30-11-13-31(51)14-12-30/h11-14,29,32-33,35-38,40H,9-10,15-28H2,1-8H3,(H,52,53)(H,57,58)/t32?,33-,35+,36+,37-,38+,40-,47+,48-,49-,50+/m1/s1. The molecule has 6 aliphatic carbocycles. The van der Waals surface area contributed by atoms with Gasteiger partial charge in [-0.1, -0.05) is 41.5 Å². The van der Waals surface area contributed by atoms with Gasteiger partial charge in [0.05, 0.1) is 35.2 Å². The monoisotopic (exact) mass is 812 g/mol. The average molecular weight is 812 g/mol. The van der Waals surface area contributed by atoms with E-state index in [9.17, 15) is 19.1 Å². The summed E-state index contributed by atoms with van der Waals surface area (Å²) in [6.45, 7) is 19.0. The van der Waals surface area contributed by atoms with E-state index in [4.69, 9.17) is 9.72 Å². The molecular weight excluding hydrogens is 742 g/mol. The number of carboxylic acids is 1. The molecule has 11 atom stereocenters. The Bertz CT molecular complexity index is 2000. The van der Waals surface area contributed by atoms with Crippen molar-refractivity contribution in [3.8, 4) is 11.3 Å². The number of aliphatic carboxylic acids is 1. The molecule has 2 N–H and O–H groups in total. The fourth-order valence-electron chi connectivity index (χ4n) is 16.0. The van der Waals surface area contributed by atoms with Crippen LogP contribution >= 0.6 is 0 Å². The van der Waals surface area contributed by atoms with Gasteiger partial charge in [0.1, 0.15) is 17.7 Å². The zero-order chi connectivity index (χ0) is 42.1. The fraction of sp³-hybridized carbons (Fsp3) is 0.760. The van der Waals surface area contributed by atoms with Crippen molar-refractivity contribution in [2.45, 2.75) is 164 Å². The van der Waals surface area contributed by atoms with Crippen LogP contribution in [0.25, 0.3) is 11.3 Å². The number of esters is 1. The summed E-state index contributed by atoms with van der Waals surface area (Å²) >= 11 is 0. The lowest BCUT2D eigenvalue weighted by Crippen LogP contribution is -2.67. The molecule has 1 aromatic heterocycles. The van der Waals surface area contributed by atoms with Gasteiger partial charge >= 0.3 is 11.9 Å². The van der Waals surface area contributed by atoms with E-state index >= 15 is 4.79 Å². The molecule has 1 unspecified atom stereocenters.